The van der Waals surface area contributed by atoms with E-state index in [9.17, 15) is 0 Å². The lowest BCUT2D eigenvalue weighted by atomic mass is 9.80. The van der Waals surface area contributed by atoms with Crippen molar-refractivity contribution in [3.05, 3.63) is 47.7 Å². The van der Waals surface area contributed by atoms with Gasteiger partial charge >= 0.3 is 0 Å². The van der Waals surface area contributed by atoms with E-state index in [0.29, 0.717) is 12.0 Å². The van der Waals surface area contributed by atoms with Crippen molar-refractivity contribution < 1.29 is 0 Å². The van der Waals surface area contributed by atoms with Crippen LogP contribution in [0.15, 0.2) is 36.5 Å². The Hall–Kier alpha value is -1.77. The van der Waals surface area contributed by atoms with Crippen LogP contribution in [0.5, 0.6) is 0 Å². The highest BCUT2D eigenvalue weighted by molar-refractivity contribution is 5.38. The third-order valence-electron chi connectivity index (χ3n) is 4.30. The van der Waals surface area contributed by atoms with Crippen molar-refractivity contribution in [2.45, 2.75) is 44.6 Å². The smallest absolute Gasteiger partial charge is 0.124 e. The van der Waals surface area contributed by atoms with Gasteiger partial charge in [-0.2, -0.15) is 5.10 Å². The van der Waals surface area contributed by atoms with Crippen LogP contribution < -0.4 is 5.73 Å². The van der Waals surface area contributed by atoms with Crippen LogP contribution in [0, 0.1) is 6.92 Å². The van der Waals surface area contributed by atoms with E-state index < -0.39 is 0 Å². The summed E-state index contributed by atoms with van der Waals surface area (Å²) in [5.74, 6) is 1.37. The van der Waals surface area contributed by atoms with Gasteiger partial charge in [0.2, 0.25) is 0 Å². The number of hydrogen-bond acceptors (Lipinski definition) is 2. The maximum absolute atomic E-state index is 6.17. The maximum Gasteiger partial charge on any atom is 0.124 e. The Kier molecular flexibility index (Phi) is 3.28. The molecular weight excluding hydrogens is 234 g/mol. The highest BCUT2D eigenvalue weighted by Gasteiger charge is 2.29. The van der Waals surface area contributed by atoms with Crippen molar-refractivity contribution >= 4 is 5.82 Å². The first-order valence-corrected chi connectivity index (χ1v) is 7.12. The van der Waals surface area contributed by atoms with Gasteiger partial charge in [0.05, 0.1) is 12.2 Å². The summed E-state index contributed by atoms with van der Waals surface area (Å²) in [4.78, 5) is 0. The Balaban J connectivity index is 1.96. The first kappa shape index (κ1) is 12.3. The van der Waals surface area contributed by atoms with E-state index in [1.54, 1.807) is 0 Å². The lowest BCUT2D eigenvalue weighted by Crippen LogP contribution is -2.24. The molecule has 0 amide bonds. The van der Waals surface area contributed by atoms with Crippen molar-refractivity contribution in [2.75, 3.05) is 5.73 Å². The van der Waals surface area contributed by atoms with Gasteiger partial charge in [-0.15, -0.1) is 0 Å². The zero-order valence-electron chi connectivity index (χ0n) is 11.4. The topological polar surface area (TPSA) is 43.8 Å². The number of hydrogen-bond donors (Lipinski definition) is 1. The Labute approximate surface area is 114 Å². The average Bonchev–Trinajstić information content (AvgIpc) is 2.80. The molecule has 0 radical (unpaired) electrons. The minimum absolute atomic E-state index is 0.407. The van der Waals surface area contributed by atoms with Gasteiger partial charge in [0.15, 0.2) is 0 Å². The molecule has 3 heteroatoms. The van der Waals surface area contributed by atoms with E-state index >= 15 is 0 Å². The van der Waals surface area contributed by atoms with Gasteiger partial charge < -0.3 is 5.73 Å². The molecule has 1 aromatic heterocycles. The van der Waals surface area contributed by atoms with E-state index in [2.05, 4.69) is 35.4 Å². The van der Waals surface area contributed by atoms with Crippen LogP contribution in [0.3, 0.4) is 0 Å². The fourth-order valence-corrected chi connectivity index (χ4v) is 3.22. The summed E-state index contributed by atoms with van der Waals surface area (Å²) in [6.45, 7) is 2.03. The second-order valence-electron chi connectivity index (χ2n) is 5.53. The van der Waals surface area contributed by atoms with Crippen molar-refractivity contribution in [3.63, 3.8) is 0 Å². The Morgan fingerprint density at radius 2 is 1.89 bits per heavy atom. The third kappa shape index (κ3) is 2.25. The predicted molar refractivity (Wildman–Crippen MR) is 78.1 cm³/mol. The molecule has 19 heavy (non-hydrogen) atoms. The highest BCUT2D eigenvalue weighted by atomic mass is 15.3. The molecule has 1 aliphatic rings. The quantitative estimate of drug-likeness (QED) is 0.889. The molecule has 0 bridgehead atoms. The molecule has 3 rings (SSSR count). The molecule has 1 saturated carbocycles. The molecule has 0 spiro atoms. The lowest BCUT2D eigenvalue weighted by molar-refractivity contribution is 0.288. The van der Waals surface area contributed by atoms with E-state index in [0.717, 1.165) is 11.4 Å². The van der Waals surface area contributed by atoms with Gasteiger partial charge in [0, 0.05) is 11.5 Å². The van der Waals surface area contributed by atoms with Crippen molar-refractivity contribution in [1.29, 1.82) is 0 Å². The predicted octanol–water partition coefficient (Wildman–Crippen LogP) is 3.67. The Morgan fingerprint density at radius 1 is 1.16 bits per heavy atom. The number of aryl methyl sites for hydroxylation is 1. The number of nitrogens with two attached hydrogens (primary N) is 1. The number of rotatable bonds is 2. The fourth-order valence-electron chi connectivity index (χ4n) is 3.22. The number of nitrogen functional groups attached to an aromatic ring is 1. The summed E-state index contributed by atoms with van der Waals surface area (Å²) in [5.41, 5.74) is 8.67. The van der Waals surface area contributed by atoms with Gasteiger partial charge in [0.25, 0.3) is 0 Å². The molecule has 0 aliphatic heterocycles. The number of aromatic nitrogens is 2. The van der Waals surface area contributed by atoms with E-state index in [1.165, 1.54) is 31.2 Å². The van der Waals surface area contributed by atoms with E-state index in [-0.39, 0.29) is 0 Å². The molecule has 2 aromatic rings. The van der Waals surface area contributed by atoms with Gasteiger partial charge in [-0.3, -0.25) is 0 Å². The van der Waals surface area contributed by atoms with Gasteiger partial charge in [-0.1, -0.05) is 43.2 Å². The largest absolute Gasteiger partial charge is 0.384 e. The molecule has 1 aliphatic carbocycles. The second-order valence-corrected chi connectivity index (χ2v) is 5.53. The Morgan fingerprint density at radius 3 is 2.58 bits per heavy atom. The zero-order valence-corrected chi connectivity index (χ0v) is 11.4. The lowest BCUT2D eigenvalue weighted by Gasteiger charge is -2.32. The molecule has 2 unspecified atom stereocenters. The van der Waals surface area contributed by atoms with E-state index in [1.807, 2.05) is 17.8 Å². The van der Waals surface area contributed by atoms with Crippen molar-refractivity contribution in [1.82, 2.24) is 9.78 Å². The van der Waals surface area contributed by atoms with Crippen LogP contribution in [0.4, 0.5) is 5.82 Å². The van der Waals surface area contributed by atoms with Crippen LogP contribution in [0.25, 0.3) is 0 Å². The summed E-state index contributed by atoms with van der Waals surface area (Å²) in [5, 5.41) is 4.51. The minimum atomic E-state index is 0.407. The average molecular weight is 255 g/mol. The number of anilines is 1. The van der Waals surface area contributed by atoms with Crippen LogP contribution in [0.1, 0.15) is 48.8 Å². The van der Waals surface area contributed by atoms with Crippen LogP contribution in [-0.2, 0) is 0 Å². The van der Waals surface area contributed by atoms with Gasteiger partial charge in [0.1, 0.15) is 5.82 Å². The second kappa shape index (κ2) is 5.08. The molecular formula is C16H21N3. The minimum Gasteiger partial charge on any atom is -0.384 e. The van der Waals surface area contributed by atoms with E-state index in [4.69, 9.17) is 5.73 Å². The highest BCUT2D eigenvalue weighted by Crippen LogP contribution is 2.41. The number of benzene rings is 1. The molecule has 2 atom stereocenters. The van der Waals surface area contributed by atoms with Crippen molar-refractivity contribution in [3.8, 4) is 0 Å². The van der Waals surface area contributed by atoms with Gasteiger partial charge in [-0.05, 0) is 25.3 Å². The summed E-state index contributed by atoms with van der Waals surface area (Å²) >= 11 is 0. The monoisotopic (exact) mass is 255 g/mol. The molecule has 100 valence electrons. The standard InChI is InChI=1S/C16H21N3/c1-12-11-18-19(16(12)17)15-10-6-5-9-14(15)13-7-3-2-4-8-13/h2-4,7-8,11,14-15H,5-6,9-10,17H2,1H3. The molecule has 1 fully saturated rings. The van der Waals surface area contributed by atoms with Crippen LogP contribution >= 0.6 is 0 Å². The summed E-state index contributed by atoms with van der Waals surface area (Å²) in [6, 6.07) is 11.2. The molecule has 0 saturated heterocycles. The molecule has 2 N–H and O–H groups in total. The normalized spacial score (nSPS) is 23.4. The van der Waals surface area contributed by atoms with Gasteiger partial charge in [-0.25, -0.2) is 4.68 Å². The zero-order chi connectivity index (χ0) is 13.2. The summed E-state index contributed by atoms with van der Waals surface area (Å²) in [6.07, 6.45) is 6.85. The summed E-state index contributed by atoms with van der Waals surface area (Å²) in [7, 11) is 0. The first-order valence-electron chi connectivity index (χ1n) is 7.12. The molecule has 3 nitrogen and oxygen atoms in total. The fraction of sp³-hybridized carbons (Fsp3) is 0.438. The number of nitrogens with zero attached hydrogens (tertiary/aromatic N) is 2. The summed E-state index contributed by atoms with van der Waals surface area (Å²) < 4.78 is 2.05. The van der Waals surface area contributed by atoms with Crippen LogP contribution in [0.2, 0.25) is 0 Å². The first-order chi connectivity index (χ1) is 9.27. The Bertz CT molecular complexity index is 544. The molecule has 1 aromatic carbocycles. The third-order valence-corrected chi connectivity index (χ3v) is 4.30. The SMILES string of the molecule is Cc1cnn(C2CCCCC2c2ccccc2)c1N. The molecule has 1 heterocycles. The van der Waals surface area contributed by atoms with Crippen molar-refractivity contribution in [2.24, 2.45) is 0 Å². The van der Waals surface area contributed by atoms with Crippen LogP contribution in [-0.4, -0.2) is 9.78 Å². The maximum atomic E-state index is 6.17.